The number of hydrogen-bond donors (Lipinski definition) is 3. The number of rotatable bonds is 9. The van der Waals surface area contributed by atoms with Crippen molar-refractivity contribution < 1.29 is 24.3 Å². The van der Waals surface area contributed by atoms with Gasteiger partial charge in [-0.2, -0.15) is 0 Å². The van der Waals surface area contributed by atoms with Crippen LogP contribution in [-0.4, -0.2) is 41.0 Å². The fraction of sp³-hybridized carbons (Fsp3) is 0.444. The number of amides is 4. The fourth-order valence-electron chi connectivity index (χ4n) is 2.77. The zero-order valence-electron chi connectivity index (χ0n) is 14.9. The largest absolute Gasteiger partial charge is 0.480 e. The van der Waals surface area contributed by atoms with Crippen LogP contribution in [0.1, 0.15) is 39.0 Å². The maximum atomic E-state index is 12.5. The molecule has 9 heteroatoms. The van der Waals surface area contributed by atoms with E-state index in [4.69, 9.17) is 16.7 Å². The molecule has 2 unspecified atom stereocenters. The van der Waals surface area contributed by atoms with E-state index in [0.29, 0.717) is 23.6 Å². The third-order valence-corrected chi connectivity index (χ3v) is 4.50. The summed E-state index contributed by atoms with van der Waals surface area (Å²) in [6, 6.07) is 3.90. The number of aliphatic carboxylic acids is 1. The Morgan fingerprint density at radius 1 is 1.30 bits per heavy atom. The normalized spacial score (nSPS) is 17.6. The standard InChI is InChI=1S/C18H22ClN3O5/c1-2-3-4-14(17(25)26)20-15(23)10-9-13-16(24)22(18(27)21-13)12-7-5-11(19)6-8-12/h5-8,13-14H,2-4,9-10H2,1H3,(H,20,23)(H,21,27)(H,25,26). The molecule has 0 aromatic heterocycles. The number of nitrogens with one attached hydrogen (secondary N) is 2. The molecule has 1 aromatic rings. The first-order valence-corrected chi connectivity index (χ1v) is 9.13. The lowest BCUT2D eigenvalue weighted by Crippen LogP contribution is -2.41. The fourth-order valence-corrected chi connectivity index (χ4v) is 2.90. The van der Waals surface area contributed by atoms with Gasteiger partial charge in [0.25, 0.3) is 5.91 Å². The van der Waals surface area contributed by atoms with E-state index < -0.39 is 35.9 Å². The molecule has 0 aliphatic carbocycles. The van der Waals surface area contributed by atoms with E-state index in [-0.39, 0.29) is 12.8 Å². The Balaban J connectivity index is 1.91. The quantitative estimate of drug-likeness (QED) is 0.555. The van der Waals surface area contributed by atoms with Crippen molar-refractivity contribution in [3.8, 4) is 0 Å². The number of carbonyl (C=O) groups excluding carboxylic acids is 3. The van der Waals surface area contributed by atoms with Crippen molar-refractivity contribution in [2.24, 2.45) is 0 Å². The van der Waals surface area contributed by atoms with E-state index in [1.807, 2.05) is 6.92 Å². The maximum absolute atomic E-state index is 12.5. The van der Waals surface area contributed by atoms with Crippen molar-refractivity contribution in [3.05, 3.63) is 29.3 Å². The summed E-state index contributed by atoms with van der Waals surface area (Å²) in [4.78, 5) is 48.8. The van der Waals surface area contributed by atoms with Gasteiger partial charge in [0.05, 0.1) is 5.69 Å². The summed E-state index contributed by atoms with van der Waals surface area (Å²) in [5.74, 6) is -2.02. The summed E-state index contributed by atoms with van der Waals surface area (Å²) >= 11 is 5.81. The van der Waals surface area contributed by atoms with Gasteiger partial charge in [-0.05, 0) is 37.1 Å². The van der Waals surface area contributed by atoms with E-state index in [1.54, 1.807) is 24.3 Å². The van der Waals surface area contributed by atoms with Crippen LogP contribution in [0.4, 0.5) is 10.5 Å². The van der Waals surface area contributed by atoms with Crippen LogP contribution in [0, 0.1) is 0 Å². The number of carboxylic acid groups (broad SMARTS) is 1. The lowest BCUT2D eigenvalue weighted by atomic mass is 10.1. The minimum Gasteiger partial charge on any atom is -0.480 e. The summed E-state index contributed by atoms with van der Waals surface area (Å²) < 4.78 is 0. The smallest absolute Gasteiger partial charge is 0.329 e. The number of carboxylic acids is 1. The molecule has 1 fully saturated rings. The first-order chi connectivity index (χ1) is 12.8. The minimum absolute atomic E-state index is 0.0684. The number of nitrogens with zero attached hydrogens (tertiary/aromatic N) is 1. The van der Waals surface area contributed by atoms with Gasteiger partial charge in [0.2, 0.25) is 5.91 Å². The molecule has 4 amide bonds. The molecule has 1 aromatic carbocycles. The van der Waals surface area contributed by atoms with Crippen LogP contribution in [0.5, 0.6) is 0 Å². The lowest BCUT2D eigenvalue weighted by Gasteiger charge is -2.15. The van der Waals surface area contributed by atoms with E-state index in [9.17, 15) is 19.2 Å². The van der Waals surface area contributed by atoms with Gasteiger partial charge in [0.15, 0.2) is 0 Å². The molecule has 2 atom stereocenters. The predicted octanol–water partition coefficient (Wildman–Crippen LogP) is 2.30. The molecular formula is C18H22ClN3O5. The Kier molecular flexibility index (Phi) is 7.18. The summed E-state index contributed by atoms with van der Waals surface area (Å²) in [7, 11) is 0. The molecule has 1 aliphatic heterocycles. The molecule has 146 valence electrons. The average Bonchev–Trinajstić information content (AvgIpc) is 2.91. The first kappa shape index (κ1) is 20.7. The van der Waals surface area contributed by atoms with Crippen LogP contribution in [0.15, 0.2) is 24.3 Å². The molecule has 0 spiro atoms. The number of halogens is 1. The zero-order valence-corrected chi connectivity index (χ0v) is 15.7. The van der Waals surface area contributed by atoms with Crippen LogP contribution in [0.25, 0.3) is 0 Å². The van der Waals surface area contributed by atoms with Crippen LogP contribution in [0.2, 0.25) is 5.02 Å². The van der Waals surface area contributed by atoms with E-state index in [2.05, 4.69) is 10.6 Å². The zero-order chi connectivity index (χ0) is 20.0. The molecular weight excluding hydrogens is 374 g/mol. The summed E-state index contributed by atoms with van der Waals surface area (Å²) in [5.41, 5.74) is 0.388. The van der Waals surface area contributed by atoms with Crippen molar-refractivity contribution in [1.82, 2.24) is 10.6 Å². The second-order valence-corrected chi connectivity index (χ2v) is 6.73. The topological polar surface area (TPSA) is 116 Å². The van der Waals surface area contributed by atoms with Crippen molar-refractivity contribution >= 4 is 41.1 Å². The number of hydrogen-bond acceptors (Lipinski definition) is 4. The molecule has 8 nitrogen and oxygen atoms in total. The molecule has 0 bridgehead atoms. The molecule has 27 heavy (non-hydrogen) atoms. The van der Waals surface area contributed by atoms with Gasteiger partial charge >= 0.3 is 12.0 Å². The monoisotopic (exact) mass is 395 g/mol. The van der Waals surface area contributed by atoms with Gasteiger partial charge in [-0.25, -0.2) is 14.5 Å². The molecule has 3 N–H and O–H groups in total. The Morgan fingerprint density at radius 3 is 2.56 bits per heavy atom. The highest BCUT2D eigenvalue weighted by Crippen LogP contribution is 2.23. The van der Waals surface area contributed by atoms with Crippen LogP contribution in [0.3, 0.4) is 0 Å². The number of urea groups is 1. The van der Waals surface area contributed by atoms with Gasteiger partial charge in [-0.3, -0.25) is 9.59 Å². The Labute approximate surface area is 161 Å². The molecule has 1 aliphatic rings. The van der Waals surface area contributed by atoms with Gasteiger partial charge in [0.1, 0.15) is 12.1 Å². The third kappa shape index (κ3) is 5.43. The molecule has 1 heterocycles. The van der Waals surface area contributed by atoms with Crippen LogP contribution < -0.4 is 15.5 Å². The molecule has 0 radical (unpaired) electrons. The van der Waals surface area contributed by atoms with E-state index >= 15 is 0 Å². The molecule has 1 saturated heterocycles. The summed E-state index contributed by atoms with van der Waals surface area (Å²) in [5, 5.41) is 14.6. The second kappa shape index (κ2) is 9.36. The van der Waals surface area contributed by atoms with E-state index in [1.165, 1.54) is 0 Å². The van der Waals surface area contributed by atoms with Crippen molar-refractivity contribution in [3.63, 3.8) is 0 Å². The van der Waals surface area contributed by atoms with Gasteiger partial charge < -0.3 is 15.7 Å². The third-order valence-electron chi connectivity index (χ3n) is 4.24. The summed E-state index contributed by atoms with van der Waals surface area (Å²) in [6.07, 6.45) is 1.87. The van der Waals surface area contributed by atoms with Gasteiger partial charge in [-0.15, -0.1) is 0 Å². The number of carbonyl (C=O) groups is 4. The van der Waals surface area contributed by atoms with E-state index in [0.717, 1.165) is 11.3 Å². The van der Waals surface area contributed by atoms with Crippen molar-refractivity contribution in [2.75, 3.05) is 4.90 Å². The Morgan fingerprint density at radius 2 is 1.96 bits per heavy atom. The number of benzene rings is 1. The van der Waals surface area contributed by atoms with Gasteiger partial charge in [-0.1, -0.05) is 31.4 Å². The second-order valence-electron chi connectivity index (χ2n) is 6.29. The predicted molar refractivity (Wildman–Crippen MR) is 99.6 cm³/mol. The molecule has 2 rings (SSSR count). The van der Waals surface area contributed by atoms with Crippen molar-refractivity contribution in [2.45, 2.75) is 51.1 Å². The lowest BCUT2D eigenvalue weighted by molar-refractivity contribution is -0.142. The Bertz CT molecular complexity index is 722. The average molecular weight is 396 g/mol. The highest BCUT2D eigenvalue weighted by atomic mass is 35.5. The number of unbranched alkanes of at least 4 members (excludes halogenated alkanes) is 1. The summed E-state index contributed by atoms with van der Waals surface area (Å²) in [6.45, 7) is 1.93. The first-order valence-electron chi connectivity index (χ1n) is 8.75. The van der Waals surface area contributed by atoms with Crippen LogP contribution in [-0.2, 0) is 14.4 Å². The minimum atomic E-state index is -1.09. The number of imide groups is 1. The maximum Gasteiger partial charge on any atom is 0.329 e. The highest BCUT2D eigenvalue weighted by Gasteiger charge is 2.39. The van der Waals surface area contributed by atoms with Gasteiger partial charge in [0, 0.05) is 11.4 Å². The van der Waals surface area contributed by atoms with Crippen LogP contribution >= 0.6 is 11.6 Å². The number of anilines is 1. The Hall–Kier alpha value is -2.61. The molecule has 0 saturated carbocycles. The highest BCUT2D eigenvalue weighted by molar-refractivity contribution is 6.30. The SMILES string of the molecule is CCCCC(NC(=O)CCC1NC(=O)N(c2ccc(Cl)cc2)C1=O)C(=O)O. The van der Waals surface area contributed by atoms with Crippen molar-refractivity contribution in [1.29, 1.82) is 0 Å².